The highest BCUT2D eigenvalue weighted by Gasteiger charge is 2.63. The third-order valence-electron chi connectivity index (χ3n) is 9.55. The van der Waals surface area contributed by atoms with Gasteiger partial charge in [0.05, 0.1) is 0 Å². The van der Waals surface area contributed by atoms with Crippen LogP contribution in [0, 0.1) is 0 Å². The van der Waals surface area contributed by atoms with Crippen molar-refractivity contribution < 1.29 is 47.5 Å². The molecule has 2 N–H and O–H groups in total. The zero-order chi connectivity index (χ0) is 30.4. The smallest absolute Gasteiger partial charge is 0.192 e. The minimum atomic E-state index is -2.33. The van der Waals surface area contributed by atoms with Gasteiger partial charge < -0.3 is 47.5 Å². The highest BCUT2D eigenvalue weighted by atomic mass is 28.4. The monoisotopic (exact) mass is 606 g/mol. The second-order valence-electron chi connectivity index (χ2n) is 15.8. The Hall–Kier alpha value is 0.0338. The van der Waals surface area contributed by atoms with Gasteiger partial charge in [0, 0.05) is 0 Å². The molecule has 4 rings (SSSR count). The van der Waals surface area contributed by atoms with E-state index in [4.69, 9.17) is 37.3 Å². The minimum absolute atomic E-state index is 0.0935. The van der Waals surface area contributed by atoms with Crippen LogP contribution in [0.2, 0.25) is 36.3 Å². The minimum Gasteiger partial charge on any atom is -0.408 e. The molecule has 4 saturated heterocycles. The summed E-state index contributed by atoms with van der Waals surface area (Å²) < 4.78 is 50.5. The first-order chi connectivity index (χ1) is 17.9. The molecule has 0 bridgehead atoms. The molecule has 40 heavy (non-hydrogen) atoms. The first-order valence-electron chi connectivity index (χ1n) is 14.6. The van der Waals surface area contributed by atoms with E-state index in [9.17, 15) is 10.2 Å². The van der Waals surface area contributed by atoms with Gasteiger partial charge in [-0.05, 0) is 64.0 Å². The lowest BCUT2D eigenvalue weighted by Gasteiger charge is -2.43. The van der Waals surface area contributed by atoms with Gasteiger partial charge >= 0.3 is 0 Å². The van der Waals surface area contributed by atoms with E-state index in [2.05, 4.69) is 67.7 Å². The summed E-state index contributed by atoms with van der Waals surface area (Å²) in [5.41, 5.74) is 0. The topological polar surface area (TPSA) is 114 Å². The van der Waals surface area contributed by atoms with E-state index in [-0.39, 0.29) is 10.1 Å². The molecule has 4 aliphatic heterocycles. The molecular formula is C28H54O10Si2. The maximum Gasteiger partial charge on any atom is 0.192 e. The third kappa shape index (κ3) is 6.16. The Labute approximate surface area is 242 Å². The molecule has 10 atom stereocenters. The van der Waals surface area contributed by atoms with E-state index in [0.717, 1.165) is 0 Å². The molecule has 0 unspecified atom stereocenters. The Balaban J connectivity index is 1.61. The van der Waals surface area contributed by atoms with Crippen LogP contribution >= 0.6 is 0 Å². The number of rotatable bonds is 7. The first kappa shape index (κ1) is 32.9. The zero-order valence-electron chi connectivity index (χ0n) is 26.9. The summed E-state index contributed by atoms with van der Waals surface area (Å²) in [6.07, 6.45) is -8.43. The number of aliphatic hydroxyl groups is 2. The molecule has 4 heterocycles. The summed E-state index contributed by atoms with van der Waals surface area (Å²) in [4.78, 5) is 0. The Morgan fingerprint density at radius 3 is 1.18 bits per heavy atom. The lowest BCUT2D eigenvalue weighted by molar-refractivity contribution is -0.250. The average molecular weight is 607 g/mol. The number of ether oxygens (including phenoxy) is 6. The van der Waals surface area contributed by atoms with Crippen LogP contribution < -0.4 is 0 Å². The molecular weight excluding hydrogens is 552 g/mol. The molecule has 0 aliphatic carbocycles. The van der Waals surface area contributed by atoms with Crippen LogP contribution in [-0.2, 0) is 37.3 Å². The van der Waals surface area contributed by atoms with Crippen LogP contribution in [0.15, 0.2) is 0 Å². The predicted molar refractivity (Wildman–Crippen MR) is 154 cm³/mol. The Bertz CT molecular complexity index is 853. The molecule has 12 heteroatoms. The van der Waals surface area contributed by atoms with Gasteiger partial charge in [0.15, 0.2) is 40.8 Å². The van der Waals surface area contributed by atoms with Gasteiger partial charge in [-0.25, -0.2) is 0 Å². The molecule has 0 aromatic heterocycles. The molecule has 4 fully saturated rings. The lowest BCUT2D eigenvalue weighted by atomic mass is 9.95. The zero-order valence-corrected chi connectivity index (χ0v) is 28.9. The Morgan fingerprint density at radius 2 is 0.900 bits per heavy atom. The normalized spacial score (nSPS) is 39.3. The van der Waals surface area contributed by atoms with Crippen LogP contribution in [0.4, 0.5) is 0 Å². The van der Waals surface area contributed by atoms with Crippen molar-refractivity contribution in [3.63, 3.8) is 0 Å². The summed E-state index contributed by atoms with van der Waals surface area (Å²) >= 11 is 0. The van der Waals surface area contributed by atoms with Crippen LogP contribution in [0.25, 0.3) is 0 Å². The number of aliphatic hydroxyl groups excluding tert-OH is 2. The second kappa shape index (κ2) is 10.3. The van der Waals surface area contributed by atoms with Crippen molar-refractivity contribution in [2.45, 2.75) is 178 Å². The van der Waals surface area contributed by atoms with Crippen molar-refractivity contribution in [2.75, 3.05) is 0 Å². The summed E-state index contributed by atoms with van der Waals surface area (Å²) in [5, 5.41) is 23.3. The lowest BCUT2D eigenvalue weighted by Crippen LogP contribution is -2.58. The van der Waals surface area contributed by atoms with Crippen LogP contribution in [0.3, 0.4) is 0 Å². The molecule has 0 aromatic rings. The van der Waals surface area contributed by atoms with Crippen molar-refractivity contribution in [2.24, 2.45) is 0 Å². The van der Waals surface area contributed by atoms with Gasteiger partial charge in [-0.15, -0.1) is 0 Å². The number of hydrogen-bond donors (Lipinski definition) is 2. The SMILES string of the molecule is CC1(C)O[C@H]2O[C@H]([C@H](O)[C@H](O)[C@H]3O[C@@H]4OC(C)(C)O[C@@H]4[C@H]3O[Si](C)(C)C(C)(C)C)[C@H](O[Si](C)(C)C(C)(C)C)[C@H]2O1. The first-order valence-corrected chi connectivity index (χ1v) is 20.4. The molecule has 4 aliphatic rings. The molecule has 234 valence electrons. The molecule has 0 spiro atoms. The Kier molecular flexibility index (Phi) is 8.48. The van der Waals surface area contributed by atoms with Crippen molar-refractivity contribution in [3.05, 3.63) is 0 Å². The van der Waals surface area contributed by atoms with E-state index < -0.39 is 89.6 Å². The van der Waals surface area contributed by atoms with Crippen molar-refractivity contribution in [1.29, 1.82) is 0 Å². The molecule has 0 saturated carbocycles. The van der Waals surface area contributed by atoms with E-state index in [0.29, 0.717) is 0 Å². The maximum absolute atomic E-state index is 11.7. The van der Waals surface area contributed by atoms with E-state index in [1.165, 1.54) is 0 Å². The van der Waals surface area contributed by atoms with Gasteiger partial charge in [-0.1, -0.05) is 41.5 Å². The number of fused-ring (bicyclic) bond motifs is 2. The highest BCUT2D eigenvalue weighted by molar-refractivity contribution is 6.74. The van der Waals surface area contributed by atoms with Crippen molar-refractivity contribution >= 4 is 16.6 Å². The summed E-state index contributed by atoms with van der Waals surface area (Å²) in [6.45, 7) is 28.8. The fraction of sp³-hybridized carbons (Fsp3) is 1.00. The summed E-state index contributed by atoms with van der Waals surface area (Å²) in [5.74, 6) is -1.71. The Morgan fingerprint density at radius 1 is 0.600 bits per heavy atom. The third-order valence-corrected chi connectivity index (χ3v) is 18.5. The standard InChI is InChI=1S/C28H54O10Si2/c1-25(2,3)39(11,12)37-19-17(31-23-21(19)33-27(7,8)35-23)15(29)16(30)18-20(38-40(13,14)26(4,5)6)22-24(32-18)36-28(9,10)34-22/h15-24,29-30H,1-14H3/t15-,16+,17-,18-,19+,20+,21-,22-,23-,24-/m1/s1. The van der Waals surface area contributed by atoms with Crippen molar-refractivity contribution in [1.82, 2.24) is 0 Å². The average Bonchev–Trinajstić information content (AvgIpc) is 3.42. The van der Waals surface area contributed by atoms with Gasteiger partial charge in [0.2, 0.25) is 0 Å². The van der Waals surface area contributed by atoms with Gasteiger partial charge in [0.1, 0.15) is 48.8 Å². The van der Waals surface area contributed by atoms with Gasteiger partial charge in [-0.3, -0.25) is 0 Å². The fourth-order valence-corrected chi connectivity index (χ4v) is 7.85. The van der Waals surface area contributed by atoms with Gasteiger partial charge in [0.25, 0.3) is 0 Å². The van der Waals surface area contributed by atoms with Crippen LogP contribution in [0.1, 0.15) is 69.2 Å². The van der Waals surface area contributed by atoms with E-state index in [1.807, 2.05) is 27.7 Å². The molecule has 10 nitrogen and oxygen atoms in total. The summed E-state index contributed by atoms with van der Waals surface area (Å²) in [6, 6.07) is 0. The second-order valence-corrected chi connectivity index (χ2v) is 25.3. The fourth-order valence-electron chi connectivity index (χ4n) is 5.25. The highest BCUT2D eigenvalue weighted by Crippen LogP contribution is 2.47. The molecule has 0 radical (unpaired) electrons. The van der Waals surface area contributed by atoms with Crippen molar-refractivity contribution in [3.8, 4) is 0 Å². The van der Waals surface area contributed by atoms with Gasteiger partial charge in [-0.2, -0.15) is 0 Å². The van der Waals surface area contributed by atoms with Crippen LogP contribution in [-0.4, -0.2) is 99.8 Å². The maximum atomic E-state index is 11.7. The quantitative estimate of drug-likeness (QED) is 0.408. The molecule has 0 amide bonds. The van der Waals surface area contributed by atoms with E-state index >= 15 is 0 Å². The summed E-state index contributed by atoms with van der Waals surface area (Å²) in [7, 11) is -4.66. The molecule has 0 aromatic carbocycles. The van der Waals surface area contributed by atoms with E-state index in [1.54, 1.807) is 0 Å². The number of hydrogen-bond acceptors (Lipinski definition) is 10. The predicted octanol–water partition coefficient (Wildman–Crippen LogP) is 4.24. The largest absolute Gasteiger partial charge is 0.408 e. The van der Waals surface area contributed by atoms with Crippen LogP contribution in [0.5, 0.6) is 0 Å².